The highest BCUT2D eigenvalue weighted by Gasteiger charge is 2.53. The van der Waals surface area contributed by atoms with Gasteiger partial charge >= 0.3 is 0 Å². The molecule has 1 saturated heterocycles. The minimum absolute atomic E-state index is 0.235. The Kier molecular flexibility index (Phi) is 6.04. The van der Waals surface area contributed by atoms with Crippen molar-refractivity contribution in [3.63, 3.8) is 0 Å². The van der Waals surface area contributed by atoms with Gasteiger partial charge in [0.25, 0.3) is 11.8 Å². The van der Waals surface area contributed by atoms with Crippen LogP contribution in [0.1, 0.15) is 20.7 Å². The molecule has 0 aliphatic carbocycles. The molecule has 3 N–H and O–H groups in total. The van der Waals surface area contributed by atoms with Crippen molar-refractivity contribution in [2.24, 2.45) is 0 Å². The summed E-state index contributed by atoms with van der Waals surface area (Å²) >= 11 is 0. The molecule has 1 fully saturated rings. The van der Waals surface area contributed by atoms with Gasteiger partial charge in [0.15, 0.2) is 6.29 Å². The van der Waals surface area contributed by atoms with E-state index >= 15 is 0 Å². The summed E-state index contributed by atoms with van der Waals surface area (Å²) in [6.07, 6.45) is -5.19. The van der Waals surface area contributed by atoms with Gasteiger partial charge in [0.05, 0.1) is 17.7 Å². The van der Waals surface area contributed by atoms with Crippen LogP contribution in [0.25, 0.3) is 0 Å². The summed E-state index contributed by atoms with van der Waals surface area (Å²) in [5, 5.41) is 30.4. The summed E-state index contributed by atoms with van der Waals surface area (Å²) in [5.74, 6) is -1.14. The van der Waals surface area contributed by atoms with Gasteiger partial charge in [-0.15, -0.1) is 0 Å². The second kappa shape index (κ2) is 8.01. The molecule has 0 aromatic heterocycles. The third-order valence-corrected chi connectivity index (χ3v) is 6.81. The Morgan fingerprint density at radius 2 is 1.64 bits per heavy atom. The number of benzene rings is 1. The highest BCUT2D eigenvalue weighted by molar-refractivity contribution is 6.76. The van der Waals surface area contributed by atoms with E-state index in [2.05, 4.69) is 19.6 Å². The molecule has 3 rings (SSSR count). The van der Waals surface area contributed by atoms with Gasteiger partial charge in [0.2, 0.25) is 0 Å². The van der Waals surface area contributed by atoms with Gasteiger partial charge in [-0.3, -0.25) is 14.5 Å². The molecule has 0 bridgehead atoms. The van der Waals surface area contributed by atoms with Crippen LogP contribution in [0.15, 0.2) is 24.3 Å². The van der Waals surface area contributed by atoms with Gasteiger partial charge in [-0.05, 0) is 18.2 Å². The van der Waals surface area contributed by atoms with Crippen molar-refractivity contribution in [2.45, 2.75) is 56.3 Å². The standard InChI is InChI=1S/C19H27NO7Si/c1-28(2,3)9-8-26-19-14(16(23)15(22)13(10-21)27-19)20-17(24)11-6-4-5-7-12(11)18(20)25/h4-7,13-16,19,21-23H,8-10H2,1-3H3/t13-,14-,15-,16-,19-/m1/s1. The highest BCUT2D eigenvalue weighted by Crippen LogP contribution is 2.32. The number of hydrogen-bond acceptors (Lipinski definition) is 7. The molecule has 0 saturated carbocycles. The van der Waals surface area contributed by atoms with Crippen LogP contribution in [-0.2, 0) is 9.47 Å². The Bertz CT molecular complexity index is 715. The normalized spacial score (nSPS) is 30.6. The average molecular weight is 410 g/mol. The summed E-state index contributed by atoms with van der Waals surface area (Å²) in [6, 6.07) is 5.98. The second-order valence-corrected chi connectivity index (χ2v) is 14.0. The molecule has 2 aliphatic rings. The summed E-state index contributed by atoms with van der Waals surface area (Å²) < 4.78 is 11.5. The lowest BCUT2D eigenvalue weighted by Crippen LogP contribution is -2.65. The minimum atomic E-state index is -1.51. The van der Waals surface area contributed by atoms with Crippen LogP contribution in [0.3, 0.4) is 0 Å². The van der Waals surface area contributed by atoms with Crippen molar-refractivity contribution in [2.75, 3.05) is 13.2 Å². The van der Waals surface area contributed by atoms with Crippen molar-refractivity contribution in [1.29, 1.82) is 0 Å². The van der Waals surface area contributed by atoms with Crippen LogP contribution in [-0.4, -0.2) is 84.0 Å². The number of fused-ring (bicyclic) bond motifs is 1. The number of rotatable bonds is 6. The molecule has 8 nitrogen and oxygen atoms in total. The second-order valence-electron chi connectivity index (χ2n) is 8.40. The number of hydrogen-bond donors (Lipinski definition) is 3. The Hall–Kier alpha value is -1.62. The average Bonchev–Trinajstić information content (AvgIpc) is 2.89. The number of aliphatic hydroxyl groups excluding tert-OH is 3. The number of amides is 2. The van der Waals surface area contributed by atoms with E-state index in [1.54, 1.807) is 24.3 Å². The molecule has 0 radical (unpaired) electrons. The lowest BCUT2D eigenvalue weighted by Gasteiger charge is -2.44. The molecule has 2 amide bonds. The number of carbonyl (C=O) groups excluding carboxylic acids is 2. The van der Waals surface area contributed by atoms with Crippen molar-refractivity contribution >= 4 is 19.9 Å². The Morgan fingerprint density at radius 3 is 2.14 bits per heavy atom. The van der Waals surface area contributed by atoms with Crippen LogP contribution in [0.5, 0.6) is 0 Å². The number of ether oxygens (including phenoxy) is 2. The summed E-state index contributed by atoms with van der Waals surface area (Å²) in [7, 11) is -1.42. The fraction of sp³-hybridized carbons (Fsp3) is 0.579. The van der Waals surface area contributed by atoms with E-state index in [4.69, 9.17) is 9.47 Å². The predicted octanol–water partition coefficient (Wildman–Crippen LogP) is 0.445. The van der Waals surface area contributed by atoms with E-state index in [0.29, 0.717) is 6.61 Å². The van der Waals surface area contributed by atoms with E-state index in [-0.39, 0.29) is 11.1 Å². The number of carbonyl (C=O) groups is 2. The molecule has 1 aromatic carbocycles. The van der Waals surface area contributed by atoms with Gasteiger partial charge in [-0.25, -0.2) is 0 Å². The van der Waals surface area contributed by atoms with Crippen LogP contribution in [0.2, 0.25) is 25.7 Å². The van der Waals surface area contributed by atoms with E-state index in [1.165, 1.54) is 0 Å². The van der Waals surface area contributed by atoms with Gasteiger partial charge in [-0.1, -0.05) is 31.8 Å². The van der Waals surface area contributed by atoms with E-state index in [9.17, 15) is 24.9 Å². The maximum atomic E-state index is 12.8. The summed E-state index contributed by atoms with van der Waals surface area (Å²) in [6.45, 7) is 6.32. The van der Waals surface area contributed by atoms with Crippen molar-refractivity contribution in [3.05, 3.63) is 35.4 Å². The molecule has 1 aromatic rings. The first-order valence-electron chi connectivity index (χ1n) is 9.36. The number of imide groups is 1. The highest BCUT2D eigenvalue weighted by atomic mass is 28.3. The Labute approximate surface area is 164 Å². The third kappa shape index (κ3) is 3.91. The third-order valence-electron chi connectivity index (χ3n) is 5.11. The Balaban J connectivity index is 1.88. The van der Waals surface area contributed by atoms with Crippen LogP contribution in [0.4, 0.5) is 0 Å². The van der Waals surface area contributed by atoms with E-state index in [1.807, 2.05) is 0 Å². The molecular formula is C19H27NO7Si. The van der Waals surface area contributed by atoms with Crippen molar-refractivity contribution in [3.8, 4) is 0 Å². The lowest BCUT2D eigenvalue weighted by molar-refractivity contribution is -0.278. The zero-order valence-corrected chi connectivity index (χ0v) is 17.2. The summed E-state index contributed by atoms with van der Waals surface area (Å²) in [5.41, 5.74) is 0.471. The molecule has 28 heavy (non-hydrogen) atoms. The van der Waals surface area contributed by atoms with Gasteiger partial charge in [-0.2, -0.15) is 0 Å². The van der Waals surface area contributed by atoms with Gasteiger partial charge in [0, 0.05) is 14.7 Å². The van der Waals surface area contributed by atoms with Crippen LogP contribution < -0.4 is 0 Å². The smallest absolute Gasteiger partial charge is 0.262 e. The first-order chi connectivity index (χ1) is 13.2. The predicted molar refractivity (Wildman–Crippen MR) is 103 cm³/mol. The maximum Gasteiger partial charge on any atom is 0.262 e. The molecule has 2 aliphatic heterocycles. The number of nitrogens with zero attached hydrogens (tertiary/aromatic N) is 1. The van der Waals surface area contributed by atoms with E-state index < -0.39 is 57.1 Å². The fourth-order valence-electron chi connectivity index (χ4n) is 3.44. The molecule has 2 heterocycles. The zero-order valence-electron chi connectivity index (χ0n) is 16.2. The largest absolute Gasteiger partial charge is 0.394 e. The number of aliphatic hydroxyl groups is 3. The quantitative estimate of drug-likeness (QED) is 0.461. The maximum absolute atomic E-state index is 12.8. The van der Waals surface area contributed by atoms with Gasteiger partial charge < -0.3 is 24.8 Å². The topological polar surface area (TPSA) is 117 Å². The Morgan fingerprint density at radius 1 is 1.07 bits per heavy atom. The molecule has 9 heteroatoms. The monoisotopic (exact) mass is 409 g/mol. The molecule has 5 atom stereocenters. The van der Waals surface area contributed by atoms with Crippen LogP contribution >= 0.6 is 0 Å². The molecule has 154 valence electrons. The molecule has 0 unspecified atom stereocenters. The lowest BCUT2D eigenvalue weighted by atomic mass is 9.95. The minimum Gasteiger partial charge on any atom is -0.394 e. The van der Waals surface area contributed by atoms with Crippen LogP contribution in [0, 0.1) is 0 Å². The zero-order chi connectivity index (χ0) is 20.6. The molecular weight excluding hydrogens is 382 g/mol. The fourth-order valence-corrected chi connectivity index (χ4v) is 4.17. The van der Waals surface area contributed by atoms with Crippen molar-refractivity contribution in [1.82, 2.24) is 4.90 Å². The first-order valence-corrected chi connectivity index (χ1v) is 13.1. The van der Waals surface area contributed by atoms with Gasteiger partial charge in [0.1, 0.15) is 24.4 Å². The SMILES string of the molecule is C[Si](C)(C)CCO[C@@H]1O[C@H](CO)[C@@H](O)[C@H](O)[C@H]1N1C(=O)c2ccccc2C1=O. The van der Waals surface area contributed by atoms with Crippen molar-refractivity contribution < 1.29 is 34.4 Å². The molecule has 0 spiro atoms. The first kappa shape index (κ1) is 21.1. The summed E-state index contributed by atoms with van der Waals surface area (Å²) in [4.78, 5) is 26.6. The van der Waals surface area contributed by atoms with E-state index in [0.717, 1.165) is 10.9 Å².